The lowest BCUT2D eigenvalue weighted by molar-refractivity contribution is 1.15. The van der Waals surface area contributed by atoms with Crippen LogP contribution in [0, 0.1) is 6.92 Å². The number of hydrogen-bond donors (Lipinski definition) is 2. The Kier molecular flexibility index (Phi) is 4.52. The van der Waals surface area contributed by atoms with Crippen molar-refractivity contribution < 1.29 is 0 Å². The van der Waals surface area contributed by atoms with Crippen molar-refractivity contribution >= 4 is 33.4 Å². The highest BCUT2D eigenvalue weighted by atomic mass is 79.9. The van der Waals surface area contributed by atoms with Crippen LogP contribution in [0.5, 0.6) is 0 Å². The van der Waals surface area contributed by atoms with Crippen LogP contribution in [0.1, 0.15) is 5.56 Å². The Morgan fingerprint density at radius 2 is 1.78 bits per heavy atom. The average molecular weight is 370 g/mol. The van der Waals surface area contributed by atoms with Crippen molar-refractivity contribution in [3.05, 3.63) is 58.8 Å². The van der Waals surface area contributed by atoms with E-state index in [-0.39, 0.29) is 0 Å². The van der Waals surface area contributed by atoms with E-state index in [0.29, 0.717) is 5.95 Å². The molecule has 23 heavy (non-hydrogen) atoms. The van der Waals surface area contributed by atoms with Crippen LogP contribution in [0.2, 0.25) is 0 Å². The zero-order valence-electron chi connectivity index (χ0n) is 12.8. The first-order valence-electron chi connectivity index (χ1n) is 7.16. The molecule has 3 rings (SSSR count). The molecular formula is C17H16BrN5. The summed E-state index contributed by atoms with van der Waals surface area (Å²) in [6.07, 6.45) is 3.50. The summed E-state index contributed by atoms with van der Waals surface area (Å²) in [5, 5.41) is 6.33. The third kappa shape index (κ3) is 3.65. The molecule has 0 saturated carbocycles. The molecule has 0 atom stereocenters. The van der Waals surface area contributed by atoms with Crippen LogP contribution in [0.4, 0.5) is 17.5 Å². The van der Waals surface area contributed by atoms with Gasteiger partial charge in [0.2, 0.25) is 5.95 Å². The maximum atomic E-state index is 4.50. The summed E-state index contributed by atoms with van der Waals surface area (Å²) in [7, 11) is 1.80. The smallest absolute Gasteiger partial charge is 0.224 e. The number of pyridine rings is 1. The number of aryl methyl sites for hydroxylation is 1. The highest BCUT2D eigenvalue weighted by Gasteiger charge is 2.07. The summed E-state index contributed by atoms with van der Waals surface area (Å²) in [5.74, 6) is 1.30. The van der Waals surface area contributed by atoms with Crippen molar-refractivity contribution in [3.63, 3.8) is 0 Å². The van der Waals surface area contributed by atoms with Crippen LogP contribution < -0.4 is 10.6 Å². The minimum absolute atomic E-state index is 0.565. The molecule has 2 aromatic heterocycles. The summed E-state index contributed by atoms with van der Waals surface area (Å²) in [6, 6.07) is 11.9. The fourth-order valence-corrected chi connectivity index (χ4v) is 2.41. The van der Waals surface area contributed by atoms with Crippen molar-refractivity contribution in [2.24, 2.45) is 0 Å². The molecule has 1 aromatic carbocycles. The summed E-state index contributed by atoms with van der Waals surface area (Å²) < 4.78 is 1.08. The lowest BCUT2D eigenvalue weighted by atomic mass is 10.2. The first-order chi connectivity index (χ1) is 11.2. The van der Waals surface area contributed by atoms with Gasteiger partial charge in [-0.05, 0) is 42.8 Å². The lowest BCUT2D eigenvalue weighted by Gasteiger charge is -2.11. The van der Waals surface area contributed by atoms with Gasteiger partial charge in [0.1, 0.15) is 5.82 Å². The predicted octanol–water partition coefficient (Wildman–Crippen LogP) is 4.39. The fraction of sp³-hybridized carbons (Fsp3) is 0.118. The quantitative estimate of drug-likeness (QED) is 0.713. The van der Waals surface area contributed by atoms with E-state index in [1.165, 1.54) is 0 Å². The van der Waals surface area contributed by atoms with Crippen LogP contribution in [0.3, 0.4) is 0 Å². The molecular weight excluding hydrogens is 354 g/mol. The Morgan fingerprint density at radius 3 is 2.48 bits per heavy atom. The third-order valence-corrected chi connectivity index (χ3v) is 4.25. The predicted molar refractivity (Wildman–Crippen MR) is 97.0 cm³/mol. The van der Waals surface area contributed by atoms with Crippen molar-refractivity contribution in [1.29, 1.82) is 0 Å². The van der Waals surface area contributed by atoms with Gasteiger partial charge in [-0.1, -0.05) is 15.9 Å². The zero-order chi connectivity index (χ0) is 16.2. The highest BCUT2D eigenvalue weighted by molar-refractivity contribution is 9.10. The van der Waals surface area contributed by atoms with E-state index in [0.717, 1.165) is 32.8 Å². The Morgan fingerprint density at radius 1 is 1.00 bits per heavy atom. The van der Waals surface area contributed by atoms with Gasteiger partial charge in [-0.3, -0.25) is 4.98 Å². The van der Waals surface area contributed by atoms with Crippen molar-refractivity contribution in [1.82, 2.24) is 15.0 Å². The van der Waals surface area contributed by atoms with Crippen LogP contribution in [0.15, 0.2) is 53.3 Å². The number of hydrogen-bond acceptors (Lipinski definition) is 5. The van der Waals surface area contributed by atoms with Gasteiger partial charge >= 0.3 is 0 Å². The van der Waals surface area contributed by atoms with E-state index in [1.54, 1.807) is 19.4 Å². The van der Waals surface area contributed by atoms with Crippen LogP contribution in [-0.2, 0) is 0 Å². The minimum Gasteiger partial charge on any atom is -0.357 e. The van der Waals surface area contributed by atoms with E-state index in [1.807, 2.05) is 30.3 Å². The van der Waals surface area contributed by atoms with E-state index in [9.17, 15) is 0 Å². The molecule has 0 fully saturated rings. The van der Waals surface area contributed by atoms with Crippen molar-refractivity contribution in [3.8, 4) is 11.3 Å². The Labute approximate surface area is 143 Å². The third-order valence-electron chi connectivity index (χ3n) is 3.36. The molecule has 0 saturated heterocycles. The number of rotatable bonds is 4. The van der Waals surface area contributed by atoms with Gasteiger partial charge in [0.25, 0.3) is 0 Å². The summed E-state index contributed by atoms with van der Waals surface area (Å²) in [4.78, 5) is 13.0. The summed E-state index contributed by atoms with van der Waals surface area (Å²) >= 11 is 3.51. The lowest BCUT2D eigenvalue weighted by Crippen LogP contribution is -2.02. The molecule has 0 amide bonds. The molecule has 0 unspecified atom stereocenters. The summed E-state index contributed by atoms with van der Waals surface area (Å²) in [5.41, 5.74) is 3.97. The SMILES string of the molecule is CNc1nc(Nc2ccc(Br)c(C)c2)cc(-c2ccncc2)n1. The van der Waals surface area contributed by atoms with E-state index in [2.05, 4.69) is 54.5 Å². The van der Waals surface area contributed by atoms with Gasteiger partial charge in [-0.2, -0.15) is 4.98 Å². The average Bonchev–Trinajstić information content (AvgIpc) is 2.58. The molecule has 0 radical (unpaired) electrons. The standard InChI is InChI=1S/C17H16BrN5/c1-11-9-13(3-4-14(11)18)21-16-10-15(22-17(19-2)23-16)12-5-7-20-8-6-12/h3-10H,1-2H3,(H2,19,21,22,23). The maximum Gasteiger partial charge on any atom is 0.224 e. The Bertz CT molecular complexity index is 820. The topological polar surface area (TPSA) is 62.7 Å². The molecule has 0 spiro atoms. The second-order valence-electron chi connectivity index (χ2n) is 5.04. The second-order valence-corrected chi connectivity index (χ2v) is 5.89. The van der Waals surface area contributed by atoms with E-state index >= 15 is 0 Å². The summed E-state index contributed by atoms with van der Waals surface area (Å²) in [6.45, 7) is 2.05. The number of anilines is 3. The molecule has 0 aliphatic heterocycles. The monoisotopic (exact) mass is 369 g/mol. The number of aromatic nitrogens is 3. The Hall–Kier alpha value is -2.47. The maximum absolute atomic E-state index is 4.50. The van der Waals surface area contributed by atoms with Crippen molar-refractivity contribution in [2.45, 2.75) is 6.92 Å². The molecule has 6 heteroatoms. The number of benzene rings is 1. The van der Waals surface area contributed by atoms with Gasteiger partial charge in [-0.25, -0.2) is 4.98 Å². The van der Waals surface area contributed by atoms with Crippen LogP contribution in [0.25, 0.3) is 11.3 Å². The van der Waals surface area contributed by atoms with Crippen LogP contribution in [-0.4, -0.2) is 22.0 Å². The highest BCUT2D eigenvalue weighted by Crippen LogP contribution is 2.25. The van der Waals surface area contributed by atoms with Crippen molar-refractivity contribution in [2.75, 3.05) is 17.7 Å². The fourth-order valence-electron chi connectivity index (χ4n) is 2.16. The molecule has 3 aromatic rings. The molecule has 2 heterocycles. The molecule has 0 bridgehead atoms. The van der Waals surface area contributed by atoms with Crippen LogP contribution >= 0.6 is 15.9 Å². The molecule has 116 valence electrons. The number of nitrogens with zero attached hydrogens (tertiary/aromatic N) is 3. The molecule has 5 nitrogen and oxygen atoms in total. The largest absolute Gasteiger partial charge is 0.357 e. The van der Waals surface area contributed by atoms with Gasteiger partial charge in [0, 0.05) is 41.2 Å². The molecule has 0 aliphatic carbocycles. The normalized spacial score (nSPS) is 10.4. The zero-order valence-corrected chi connectivity index (χ0v) is 14.4. The van der Waals surface area contributed by atoms with E-state index < -0.39 is 0 Å². The van der Waals surface area contributed by atoms with Gasteiger partial charge in [-0.15, -0.1) is 0 Å². The first-order valence-corrected chi connectivity index (χ1v) is 7.95. The number of nitrogens with one attached hydrogen (secondary N) is 2. The first kappa shape index (κ1) is 15.4. The molecule has 0 aliphatic rings. The van der Waals surface area contributed by atoms with Gasteiger partial charge < -0.3 is 10.6 Å². The minimum atomic E-state index is 0.565. The van der Waals surface area contributed by atoms with Gasteiger partial charge in [0.05, 0.1) is 5.69 Å². The van der Waals surface area contributed by atoms with Gasteiger partial charge in [0.15, 0.2) is 0 Å². The van der Waals surface area contributed by atoms with E-state index in [4.69, 9.17) is 0 Å². The molecule has 2 N–H and O–H groups in total. The number of halogens is 1. The second kappa shape index (κ2) is 6.75. The Balaban J connectivity index is 1.97.